The van der Waals surface area contributed by atoms with E-state index < -0.39 is 5.97 Å². The highest BCUT2D eigenvalue weighted by molar-refractivity contribution is 5.88. The summed E-state index contributed by atoms with van der Waals surface area (Å²) in [5.74, 6) is 5.54. The van der Waals surface area contributed by atoms with Gasteiger partial charge in [-0.3, -0.25) is 0 Å². The number of carbonyl (C=O) groups excluding carboxylic acids is 1. The van der Waals surface area contributed by atoms with Crippen LogP contribution in [0.1, 0.15) is 39.5 Å². The molecule has 0 radical (unpaired) electrons. The molecule has 0 atom stereocenters. The molecule has 15 heavy (non-hydrogen) atoms. The lowest BCUT2D eigenvalue weighted by Crippen LogP contribution is -2.00. The molecule has 0 aromatic rings. The lowest BCUT2D eigenvalue weighted by molar-refractivity contribution is -0.135. The lowest BCUT2D eigenvalue weighted by atomic mass is 10.1. The Morgan fingerprint density at radius 1 is 1.47 bits per heavy atom. The van der Waals surface area contributed by atoms with Crippen LogP contribution in [-0.2, 0) is 9.53 Å². The minimum absolute atomic E-state index is 0.237. The molecule has 0 amide bonds. The van der Waals surface area contributed by atoms with Gasteiger partial charge in [-0.05, 0) is 12.3 Å². The smallest absolute Gasteiger partial charge is 0.384 e. The molecule has 0 aromatic heterocycles. The van der Waals surface area contributed by atoms with Gasteiger partial charge in [0.1, 0.15) is 6.61 Å². The monoisotopic (exact) mass is 208 g/mol. The molecule has 0 saturated carbocycles. The molecular weight excluding hydrogens is 188 g/mol. The second kappa shape index (κ2) is 9.33. The van der Waals surface area contributed by atoms with Gasteiger partial charge in [0.15, 0.2) is 0 Å². The van der Waals surface area contributed by atoms with Crippen molar-refractivity contribution >= 4 is 5.97 Å². The van der Waals surface area contributed by atoms with Gasteiger partial charge in [0.2, 0.25) is 0 Å². The summed E-state index contributed by atoms with van der Waals surface area (Å²) >= 11 is 0. The first kappa shape index (κ1) is 13.8. The molecule has 0 aromatic carbocycles. The highest BCUT2D eigenvalue weighted by atomic mass is 16.5. The standard InChI is InChI=1S/C13H20O2/c1-4-11-15-13(14)10-8-6-5-7-9-12(2)3/h4,12H,1,5-7,9,11H2,2-3H3. The first-order valence-electron chi connectivity index (χ1n) is 5.43. The van der Waals surface area contributed by atoms with Gasteiger partial charge in [-0.25, -0.2) is 4.79 Å². The molecule has 0 N–H and O–H groups in total. The van der Waals surface area contributed by atoms with Crippen molar-refractivity contribution in [3.8, 4) is 11.8 Å². The van der Waals surface area contributed by atoms with Crippen LogP contribution >= 0.6 is 0 Å². The van der Waals surface area contributed by atoms with Gasteiger partial charge in [0, 0.05) is 12.3 Å². The van der Waals surface area contributed by atoms with Crippen molar-refractivity contribution in [1.82, 2.24) is 0 Å². The SMILES string of the molecule is C=CCOC(=O)C#CCCCCC(C)C. The van der Waals surface area contributed by atoms with Crippen molar-refractivity contribution in [3.05, 3.63) is 12.7 Å². The number of rotatable bonds is 6. The predicted molar refractivity (Wildman–Crippen MR) is 62.2 cm³/mol. The fourth-order valence-electron chi connectivity index (χ4n) is 1.07. The molecule has 0 aliphatic carbocycles. The van der Waals surface area contributed by atoms with Crippen LogP contribution in [0.25, 0.3) is 0 Å². The fraction of sp³-hybridized carbons (Fsp3) is 0.615. The van der Waals surface area contributed by atoms with Gasteiger partial charge in [-0.2, -0.15) is 0 Å². The lowest BCUT2D eigenvalue weighted by Gasteiger charge is -2.00. The van der Waals surface area contributed by atoms with E-state index in [1.54, 1.807) is 0 Å². The van der Waals surface area contributed by atoms with Crippen LogP contribution in [0, 0.1) is 17.8 Å². The summed E-state index contributed by atoms with van der Waals surface area (Å²) in [4.78, 5) is 10.9. The van der Waals surface area contributed by atoms with E-state index in [-0.39, 0.29) is 6.61 Å². The van der Waals surface area contributed by atoms with Gasteiger partial charge in [-0.1, -0.05) is 45.3 Å². The average molecular weight is 208 g/mol. The third-order valence-electron chi connectivity index (χ3n) is 1.86. The van der Waals surface area contributed by atoms with Crippen LogP contribution in [0.2, 0.25) is 0 Å². The quantitative estimate of drug-likeness (QED) is 0.220. The van der Waals surface area contributed by atoms with Gasteiger partial charge in [0.25, 0.3) is 0 Å². The van der Waals surface area contributed by atoms with Gasteiger partial charge in [0.05, 0.1) is 0 Å². The number of unbranched alkanes of at least 4 members (excludes halogenated alkanes) is 2. The van der Waals surface area contributed by atoms with Crippen LogP contribution in [-0.4, -0.2) is 12.6 Å². The Morgan fingerprint density at radius 2 is 2.20 bits per heavy atom. The molecule has 2 heteroatoms. The zero-order valence-electron chi connectivity index (χ0n) is 9.71. The zero-order valence-corrected chi connectivity index (χ0v) is 9.71. The van der Waals surface area contributed by atoms with Crippen molar-refractivity contribution in [2.24, 2.45) is 5.92 Å². The van der Waals surface area contributed by atoms with Gasteiger partial charge in [-0.15, -0.1) is 0 Å². The predicted octanol–water partition coefficient (Wildman–Crippen LogP) is 2.94. The van der Waals surface area contributed by atoms with Crippen LogP contribution in [0.4, 0.5) is 0 Å². The minimum atomic E-state index is -0.459. The Balaban J connectivity index is 3.44. The molecule has 2 nitrogen and oxygen atoms in total. The van der Waals surface area contributed by atoms with E-state index in [0.717, 1.165) is 18.8 Å². The summed E-state index contributed by atoms with van der Waals surface area (Å²) in [6.45, 7) is 8.09. The first-order chi connectivity index (χ1) is 7.16. The fourth-order valence-corrected chi connectivity index (χ4v) is 1.07. The third-order valence-corrected chi connectivity index (χ3v) is 1.86. The first-order valence-corrected chi connectivity index (χ1v) is 5.43. The van der Waals surface area contributed by atoms with E-state index in [1.165, 1.54) is 18.9 Å². The van der Waals surface area contributed by atoms with Crippen molar-refractivity contribution in [2.45, 2.75) is 39.5 Å². The van der Waals surface area contributed by atoms with Crippen LogP contribution in [0.5, 0.6) is 0 Å². The molecule has 84 valence electrons. The maximum Gasteiger partial charge on any atom is 0.384 e. The number of hydrogen-bond acceptors (Lipinski definition) is 2. The van der Waals surface area contributed by atoms with E-state index in [4.69, 9.17) is 4.74 Å². The Bertz CT molecular complexity index is 243. The second-order valence-corrected chi connectivity index (χ2v) is 3.83. The molecule has 0 heterocycles. The van der Waals surface area contributed by atoms with Crippen molar-refractivity contribution in [1.29, 1.82) is 0 Å². The summed E-state index contributed by atoms with van der Waals surface area (Å²) in [6.07, 6.45) is 5.76. The van der Waals surface area contributed by atoms with Crippen molar-refractivity contribution in [2.75, 3.05) is 6.61 Å². The average Bonchev–Trinajstić information content (AvgIpc) is 2.19. The van der Waals surface area contributed by atoms with Gasteiger partial charge >= 0.3 is 5.97 Å². The molecule has 0 spiro atoms. The summed E-state index contributed by atoms with van der Waals surface area (Å²) < 4.78 is 4.71. The number of esters is 1. The molecule has 0 aliphatic heterocycles. The van der Waals surface area contributed by atoms with Crippen LogP contribution in [0.3, 0.4) is 0 Å². The minimum Gasteiger partial charge on any atom is -0.452 e. The highest BCUT2D eigenvalue weighted by Gasteiger charge is 1.94. The summed E-state index contributed by atoms with van der Waals surface area (Å²) in [6, 6.07) is 0. The topological polar surface area (TPSA) is 26.3 Å². The molecule has 0 fully saturated rings. The van der Waals surface area contributed by atoms with E-state index in [1.807, 2.05) is 0 Å². The molecule has 0 unspecified atom stereocenters. The Kier molecular flexibility index (Phi) is 8.56. The molecule has 0 bridgehead atoms. The number of carbonyl (C=O) groups is 1. The third kappa shape index (κ3) is 10.7. The largest absolute Gasteiger partial charge is 0.452 e. The maximum atomic E-state index is 10.9. The maximum absolute atomic E-state index is 10.9. The van der Waals surface area contributed by atoms with Crippen LogP contribution < -0.4 is 0 Å². The van der Waals surface area contributed by atoms with E-state index in [2.05, 4.69) is 32.3 Å². The summed E-state index contributed by atoms with van der Waals surface area (Å²) in [5, 5.41) is 0. The van der Waals surface area contributed by atoms with E-state index in [9.17, 15) is 4.79 Å². The van der Waals surface area contributed by atoms with E-state index >= 15 is 0 Å². The molecule has 0 rings (SSSR count). The van der Waals surface area contributed by atoms with E-state index in [0.29, 0.717) is 0 Å². The normalized spacial score (nSPS) is 9.27. The molecule has 0 saturated heterocycles. The van der Waals surface area contributed by atoms with Crippen molar-refractivity contribution in [3.63, 3.8) is 0 Å². The van der Waals surface area contributed by atoms with Gasteiger partial charge < -0.3 is 4.74 Å². The molecule has 0 aliphatic rings. The molecular formula is C13H20O2. The highest BCUT2D eigenvalue weighted by Crippen LogP contribution is 2.07. The second-order valence-electron chi connectivity index (χ2n) is 3.83. The summed E-state index contributed by atoms with van der Waals surface area (Å²) in [7, 11) is 0. The Morgan fingerprint density at radius 3 is 2.80 bits per heavy atom. The summed E-state index contributed by atoms with van der Waals surface area (Å²) in [5.41, 5.74) is 0. The van der Waals surface area contributed by atoms with Crippen LogP contribution in [0.15, 0.2) is 12.7 Å². The Hall–Kier alpha value is -1.23. The number of ether oxygens (including phenoxy) is 1. The van der Waals surface area contributed by atoms with Crippen molar-refractivity contribution < 1.29 is 9.53 Å². The number of hydrogen-bond donors (Lipinski definition) is 0. The zero-order chi connectivity index (χ0) is 11.5. The Labute approximate surface area is 92.7 Å².